The Bertz CT molecular complexity index is 482. The quantitative estimate of drug-likeness (QED) is 0.615. The summed E-state index contributed by atoms with van der Waals surface area (Å²) in [5, 5.41) is 3.42. The van der Waals surface area contributed by atoms with Crippen LogP contribution in [0.25, 0.3) is 11.0 Å². The molecule has 0 bridgehead atoms. The zero-order chi connectivity index (χ0) is 10.3. The van der Waals surface area contributed by atoms with Gasteiger partial charge in [0.1, 0.15) is 5.82 Å². The summed E-state index contributed by atoms with van der Waals surface area (Å²) in [7, 11) is 0. The summed E-state index contributed by atoms with van der Waals surface area (Å²) in [6, 6.07) is 6.16. The van der Waals surface area contributed by atoms with Gasteiger partial charge in [0.2, 0.25) is 0 Å². The molecule has 1 aliphatic rings. The van der Waals surface area contributed by atoms with Crippen LogP contribution in [0.3, 0.4) is 0 Å². The lowest BCUT2D eigenvalue weighted by Crippen LogP contribution is -2.13. The molecule has 0 amide bonds. The second kappa shape index (κ2) is 3.24. The molecule has 78 valence electrons. The predicted molar refractivity (Wildman–Crippen MR) is 60.5 cm³/mol. The highest BCUT2D eigenvalue weighted by molar-refractivity contribution is 5.78. The fourth-order valence-corrected chi connectivity index (χ4v) is 2.13. The largest absolute Gasteiger partial charge is 0.399 e. The van der Waals surface area contributed by atoms with Crippen LogP contribution in [0.4, 0.5) is 5.69 Å². The number of nitrogens with two attached hydrogens (primary N) is 1. The van der Waals surface area contributed by atoms with Gasteiger partial charge >= 0.3 is 0 Å². The van der Waals surface area contributed by atoms with Crippen molar-refractivity contribution in [1.29, 1.82) is 0 Å². The molecule has 1 unspecified atom stereocenters. The van der Waals surface area contributed by atoms with Crippen molar-refractivity contribution >= 4 is 16.7 Å². The van der Waals surface area contributed by atoms with E-state index in [1.165, 1.54) is 6.42 Å². The zero-order valence-corrected chi connectivity index (χ0v) is 8.46. The van der Waals surface area contributed by atoms with Gasteiger partial charge in [-0.05, 0) is 37.6 Å². The van der Waals surface area contributed by atoms with Gasteiger partial charge in [-0.2, -0.15) is 0 Å². The minimum absolute atomic E-state index is 0.388. The molecule has 1 aliphatic heterocycles. The second-order valence-corrected chi connectivity index (χ2v) is 4.05. The van der Waals surface area contributed by atoms with Gasteiger partial charge in [0.05, 0.1) is 17.1 Å². The van der Waals surface area contributed by atoms with Gasteiger partial charge in [-0.3, -0.25) is 0 Å². The highest BCUT2D eigenvalue weighted by Gasteiger charge is 2.19. The number of hydrogen-bond acceptors (Lipinski definition) is 3. The van der Waals surface area contributed by atoms with Crippen LogP contribution in [0.15, 0.2) is 18.2 Å². The van der Waals surface area contributed by atoms with Gasteiger partial charge in [0.25, 0.3) is 0 Å². The van der Waals surface area contributed by atoms with E-state index in [4.69, 9.17) is 5.73 Å². The molecule has 0 aliphatic carbocycles. The average Bonchev–Trinajstić information content (AvgIpc) is 2.84. The summed E-state index contributed by atoms with van der Waals surface area (Å²) >= 11 is 0. The number of nitrogens with one attached hydrogen (secondary N) is 2. The molecule has 2 aromatic rings. The first kappa shape index (κ1) is 8.73. The first-order chi connectivity index (χ1) is 7.33. The van der Waals surface area contributed by atoms with Crippen LogP contribution in [0.1, 0.15) is 24.7 Å². The SMILES string of the molecule is Nc1ccc2nc(C3CCCN3)[nH]c2c1. The third kappa shape index (κ3) is 1.47. The number of anilines is 1. The summed E-state index contributed by atoms with van der Waals surface area (Å²) < 4.78 is 0. The summed E-state index contributed by atoms with van der Waals surface area (Å²) in [4.78, 5) is 7.89. The number of rotatable bonds is 1. The van der Waals surface area contributed by atoms with Crippen molar-refractivity contribution in [1.82, 2.24) is 15.3 Å². The summed E-state index contributed by atoms with van der Waals surface area (Å²) in [6.07, 6.45) is 2.39. The Morgan fingerprint density at radius 1 is 1.40 bits per heavy atom. The van der Waals surface area contributed by atoms with Gasteiger partial charge in [-0.1, -0.05) is 0 Å². The summed E-state index contributed by atoms with van der Waals surface area (Å²) in [5.41, 5.74) is 8.52. The fourth-order valence-electron chi connectivity index (χ4n) is 2.13. The third-order valence-corrected chi connectivity index (χ3v) is 2.91. The van der Waals surface area contributed by atoms with Crippen LogP contribution in [0.2, 0.25) is 0 Å². The number of imidazole rings is 1. The zero-order valence-electron chi connectivity index (χ0n) is 8.46. The number of benzene rings is 1. The van der Waals surface area contributed by atoms with Crippen LogP contribution < -0.4 is 11.1 Å². The molecule has 1 aromatic carbocycles. The van der Waals surface area contributed by atoms with Gasteiger partial charge in [-0.25, -0.2) is 4.98 Å². The Kier molecular flexibility index (Phi) is 1.89. The number of H-pyrrole nitrogens is 1. The van der Waals surface area contributed by atoms with Crippen molar-refractivity contribution in [2.24, 2.45) is 0 Å². The monoisotopic (exact) mass is 202 g/mol. The van der Waals surface area contributed by atoms with E-state index in [9.17, 15) is 0 Å². The number of hydrogen-bond donors (Lipinski definition) is 3. The molecule has 1 atom stereocenters. The molecule has 1 aromatic heterocycles. The molecule has 0 radical (unpaired) electrons. The standard InChI is InChI=1S/C11H14N4/c12-7-3-4-8-10(6-7)15-11(14-8)9-2-1-5-13-9/h3-4,6,9,13H,1-2,5,12H2,(H,14,15). The van der Waals surface area contributed by atoms with Crippen molar-refractivity contribution < 1.29 is 0 Å². The molecule has 4 N–H and O–H groups in total. The number of aromatic amines is 1. The van der Waals surface area contributed by atoms with Crippen LogP contribution in [-0.4, -0.2) is 16.5 Å². The van der Waals surface area contributed by atoms with Crippen LogP contribution in [0.5, 0.6) is 0 Å². The minimum Gasteiger partial charge on any atom is -0.399 e. The molecule has 2 heterocycles. The third-order valence-electron chi connectivity index (χ3n) is 2.91. The van der Waals surface area contributed by atoms with Crippen LogP contribution >= 0.6 is 0 Å². The Morgan fingerprint density at radius 2 is 2.33 bits per heavy atom. The smallest absolute Gasteiger partial charge is 0.124 e. The number of nitrogen functional groups attached to an aromatic ring is 1. The van der Waals surface area contributed by atoms with Gasteiger partial charge in [0, 0.05) is 5.69 Å². The maximum Gasteiger partial charge on any atom is 0.124 e. The fraction of sp³-hybridized carbons (Fsp3) is 0.364. The Labute approximate surface area is 87.9 Å². The molecule has 0 spiro atoms. The van der Waals surface area contributed by atoms with Crippen molar-refractivity contribution in [2.75, 3.05) is 12.3 Å². The van der Waals surface area contributed by atoms with E-state index >= 15 is 0 Å². The van der Waals surface area contributed by atoms with E-state index in [1.807, 2.05) is 18.2 Å². The summed E-state index contributed by atoms with van der Waals surface area (Å²) in [6.45, 7) is 1.09. The molecule has 0 saturated carbocycles. The molecular weight excluding hydrogens is 188 g/mol. The van der Waals surface area contributed by atoms with E-state index in [0.29, 0.717) is 6.04 Å². The number of fused-ring (bicyclic) bond motifs is 1. The molecular formula is C11H14N4. The Hall–Kier alpha value is -1.55. The number of aromatic nitrogens is 2. The lowest BCUT2D eigenvalue weighted by atomic mass is 10.2. The van der Waals surface area contributed by atoms with Crippen LogP contribution in [-0.2, 0) is 0 Å². The molecule has 4 heteroatoms. The maximum absolute atomic E-state index is 5.72. The van der Waals surface area contributed by atoms with Crippen molar-refractivity contribution in [3.63, 3.8) is 0 Å². The van der Waals surface area contributed by atoms with Crippen molar-refractivity contribution in [2.45, 2.75) is 18.9 Å². The number of nitrogens with zero attached hydrogens (tertiary/aromatic N) is 1. The molecule has 3 rings (SSSR count). The maximum atomic E-state index is 5.72. The lowest BCUT2D eigenvalue weighted by Gasteiger charge is -2.04. The van der Waals surface area contributed by atoms with E-state index in [-0.39, 0.29) is 0 Å². The topological polar surface area (TPSA) is 66.7 Å². The predicted octanol–water partition coefficient (Wildman–Crippen LogP) is 1.57. The van der Waals surface area contributed by atoms with Gasteiger partial charge in [-0.15, -0.1) is 0 Å². The van der Waals surface area contributed by atoms with Gasteiger partial charge in [0.15, 0.2) is 0 Å². The van der Waals surface area contributed by atoms with E-state index < -0.39 is 0 Å². The highest BCUT2D eigenvalue weighted by atomic mass is 15.0. The molecule has 1 fully saturated rings. The van der Waals surface area contributed by atoms with E-state index in [2.05, 4.69) is 15.3 Å². The average molecular weight is 202 g/mol. The van der Waals surface area contributed by atoms with Crippen LogP contribution in [0, 0.1) is 0 Å². The van der Waals surface area contributed by atoms with E-state index in [0.717, 1.165) is 35.5 Å². The Morgan fingerprint density at radius 3 is 3.13 bits per heavy atom. The second-order valence-electron chi connectivity index (χ2n) is 4.05. The molecule has 4 nitrogen and oxygen atoms in total. The van der Waals surface area contributed by atoms with Crippen molar-refractivity contribution in [3.8, 4) is 0 Å². The van der Waals surface area contributed by atoms with Crippen molar-refractivity contribution in [3.05, 3.63) is 24.0 Å². The minimum atomic E-state index is 0.388. The van der Waals surface area contributed by atoms with E-state index in [1.54, 1.807) is 0 Å². The lowest BCUT2D eigenvalue weighted by molar-refractivity contribution is 0.614. The van der Waals surface area contributed by atoms with Gasteiger partial charge < -0.3 is 16.0 Å². The normalized spacial score (nSPS) is 21.2. The summed E-state index contributed by atoms with van der Waals surface area (Å²) in [5.74, 6) is 1.04. The molecule has 1 saturated heterocycles. The Balaban J connectivity index is 2.05. The first-order valence-corrected chi connectivity index (χ1v) is 5.31. The highest BCUT2D eigenvalue weighted by Crippen LogP contribution is 2.23. The molecule has 15 heavy (non-hydrogen) atoms. The first-order valence-electron chi connectivity index (χ1n) is 5.31.